The molecule has 0 radical (unpaired) electrons. The molecule has 5 heteroatoms. The fourth-order valence-electron chi connectivity index (χ4n) is 3.41. The Kier molecular flexibility index (Phi) is 5.71. The Morgan fingerprint density at radius 2 is 2.05 bits per heavy atom. The molecule has 0 bridgehead atoms. The highest BCUT2D eigenvalue weighted by atomic mass is 16.5. The number of ether oxygens (including phenoxy) is 2. The van der Waals surface area contributed by atoms with Crippen molar-refractivity contribution in [1.29, 1.82) is 0 Å². The predicted octanol–water partition coefficient (Wildman–Crippen LogP) is 1.37. The lowest BCUT2D eigenvalue weighted by Crippen LogP contribution is -2.48. The molecule has 1 saturated carbocycles. The van der Waals surface area contributed by atoms with E-state index in [9.17, 15) is 4.79 Å². The number of rotatable bonds is 7. The topological polar surface area (TPSA) is 42.0 Å². The number of hydrogen-bond acceptors (Lipinski definition) is 4. The second kappa shape index (κ2) is 7.75. The summed E-state index contributed by atoms with van der Waals surface area (Å²) >= 11 is 0. The van der Waals surface area contributed by atoms with Gasteiger partial charge in [-0.05, 0) is 44.6 Å². The Balaban J connectivity index is 1.47. The summed E-state index contributed by atoms with van der Waals surface area (Å²) in [6.07, 6.45) is 5.51. The van der Waals surface area contributed by atoms with E-state index < -0.39 is 0 Å². The van der Waals surface area contributed by atoms with Gasteiger partial charge >= 0.3 is 0 Å². The van der Waals surface area contributed by atoms with Crippen molar-refractivity contribution in [3.63, 3.8) is 0 Å². The second-order valence-corrected chi connectivity index (χ2v) is 7.27. The Hall–Kier alpha value is -0.650. The van der Waals surface area contributed by atoms with Crippen molar-refractivity contribution < 1.29 is 14.3 Å². The van der Waals surface area contributed by atoms with E-state index in [0.717, 1.165) is 64.8 Å². The van der Waals surface area contributed by atoms with Gasteiger partial charge in [0, 0.05) is 45.8 Å². The Morgan fingerprint density at radius 1 is 1.18 bits per heavy atom. The van der Waals surface area contributed by atoms with Gasteiger partial charge in [-0.15, -0.1) is 0 Å². The summed E-state index contributed by atoms with van der Waals surface area (Å²) in [5.74, 6) is 1.64. The van der Waals surface area contributed by atoms with Gasteiger partial charge in [-0.25, -0.2) is 0 Å². The number of amides is 1. The zero-order valence-corrected chi connectivity index (χ0v) is 13.8. The van der Waals surface area contributed by atoms with Gasteiger partial charge in [0.15, 0.2) is 0 Å². The molecule has 126 valence electrons. The maximum Gasteiger partial charge on any atom is 0.222 e. The summed E-state index contributed by atoms with van der Waals surface area (Å²) in [6, 6.07) is 0. The van der Waals surface area contributed by atoms with Crippen molar-refractivity contribution in [2.45, 2.75) is 38.2 Å². The first-order chi connectivity index (χ1) is 10.7. The monoisotopic (exact) mass is 310 g/mol. The fourth-order valence-corrected chi connectivity index (χ4v) is 3.41. The van der Waals surface area contributed by atoms with Crippen molar-refractivity contribution in [2.75, 3.05) is 53.0 Å². The maximum absolute atomic E-state index is 12.6. The van der Waals surface area contributed by atoms with Gasteiger partial charge in [0.1, 0.15) is 0 Å². The molecule has 3 rings (SSSR count). The number of carbonyl (C=O) groups is 1. The van der Waals surface area contributed by atoms with Crippen LogP contribution in [0.4, 0.5) is 0 Å². The number of morpholine rings is 1. The highest BCUT2D eigenvalue weighted by Gasteiger charge is 2.30. The quantitative estimate of drug-likeness (QED) is 0.712. The summed E-state index contributed by atoms with van der Waals surface area (Å²) in [6.45, 7) is 6.12. The van der Waals surface area contributed by atoms with Crippen LogP contribution in [0.2, 0.25) is 0 Å². The number of likely N-dealkylation sites (N-methyl/N-ethyl adjacent to an activating group) is 1. The molecule has 1 amide bonds. The second-order valence-electron chi connectivity index (χ2n) is 7.27. The van der Waals surface area contributed by atoms with Crippen LogP contribution in [0, 0.1) is 11.8 Å². The summed E-state index contributed by atoms with van der Waals surface area (Å²) in [5.41, 5.74) is 0. The van der Waals surface area contributed by atoms with E-state index in [-0.39, 0.29) is 6.10 Å². The van der Waals surface area contributed by atoms with Gasteiger partial charge in [0.2, 0.25) is 5.91 Å². The third kappa shape index (κ3) is 4.93. The van der Waals surface area contributed by atoms with Crippen molar-refractivity contribution >= 4 is 5.91 Å². The molecule has 2 atom stereocenters. The summed E-state index contributed by atoms with van der Waals surface area (Å²) in [4.78, 5) is 17.0. The molecule has 3 fully saturated rings. The Labute approximate surface area is 133 Å². The molecule has 3 aliphatic rings. The zero-order valence-electron chi connectivity index (χ0n) is 13.8. The smallest absolute Gasteiger partial charge is 0.222 e. The van der Waals surface area contributed by atoms with Gasteiger partial charge in [0.05, 0.1) is 12.7 Å². The van der Waals surface area contributed by atoms with E-state index in [1.807, 2.05) is 0 Å². The van der Waals surface area contributed by atoms with Gasteiger partial charge < -0.3 is 19.3 Å². The molecule has 0 N–H and O–H groups in total. The van der Waals surface area contributed by atoms with Crippen molar-refractivity contribution in [1.82, 2.24) is 9.80 Å². The Bertz CT molecular complexity index is 367. The van der Waals surface area contributed by atoms with Crippen LogP contribution in [-0.4, -0.2) is 74.9 Å². The van der Waals surface area contributed by atoms with E-state index in [1.54, 1.807) is 0 Å². The molecule has 2 heterocycles. The van der Waals surface area contributed by atoms with Crippen LogP contribution < -0.4 is 0 Å². The molecule has 22 heavy (non-hydrogen) atoms. The lowest BCUT2D eigenvalue weighted by molar-refractivity contribution is -0.135. The number of hydrogen-bond donors (Lipinski definition) is 0. The largest absolute Gasteiger partial charge is 0.381 e. The zero-order chi connectivity index (χ0) is 15.4. The van der Waals surface area contributed by atoms with E-state index in [2.05, 4.69) is 16.8 Å². The van der Waals surface area contributed by atoms with Crippen LogP contribution in [0.1, 0.15) is 32.1 Å². The van der Waals surface area contributed by atoms with Crippen LogP contribution >= 0.6 is 0 Å². The molecule has 1 aliphatic carbocycles. The van der Waals surface area contributed by atoms with Crippen LogP contribution in [-0.2, 0) is 14.3 Å². The van der Waals surface area contributed by atoms with E-state index in [1.165, 1.54) is 12.8 Å². The fraction of sp³-hybridized carbons (Fsp3) is 0.941. The molecule has 2 aliphatic heterocycles. The van der Waals surface area contributed by atoms with Crippen molar-refractivity contribution in [3.05, 3.63) is 0 Å². The van der Waals surface area contributed by atoms with Gasteiger partial charge in [-0.2, -0.15) is 0 Å². The van der Waals surface area contributed by atoms with E-state index in [0.29, 0.717) is 18.2 Å². The molecule has 0 unspecified atom stereocenters. The normalized spacial score (nSPS) is 29.7. The molecule has 2 saturated heterocycles. The Morgan fingerprint density at radius 3 is 2.73 bits per heavy atom. The molecule has 0 spiro atoms. The van der Waals surface area contributed by atoms with Gasteiger partial charge in [-0.3, -0.25) is 4.79 Å². The first-order valence-electron chi connectivity index (χ1n) is 8.86. The average molecular weight is 310 g/mol. The molecule has 5 nitrogen and oxygen atoms in total. The van der Waals surface area contributed by atoms with Crippen LogP contribution in [0.15, 0.2) is 0 Å². The minimum Gasteiger partial charge on any atom is -0.381 e. The highest BCUT2D eigenvalue weighted by molar-refractivity contribution is 5.76. The molecule has 0 aromatic carbocycles. The van der Waals surface area contributed by atoms with Crippen molar-refractivity contribution in [2.24, 2.45) is 11.8 Å². The van der Waals surface area contributed by atoms with Crippen molar-refractivity contribution in [3.8, 4) is 0 Å². The number of nitrogens with zero attached hydrogens (tertiary/aromatic N) is 2. The van der Waals surface area contributed by atoms with Gasteiger partial charge in [0.25, 0.3) is 0 Å². The highest BCUT2D eigenvalue weighted by Crippen LogP contribution is 2.30. The first-order valence-corrected chi connectivity index (χ1v) is 8.86. The summed E-state index contributed by atoms with van der Waals surface area (Å²) in [5, 5.41) is 0. The molecular formula is C17H30N2O3. The van der Waals surface area contributed by atoms with Crippen LogP contribution in [0.3, 0.4) is 0 Å². The van der Waals surface area contributed by atoms with E-state index >= 15 is 0 Å². The minimum absolute atomic E-state index is 0.177. The van der Waals surface area contributed by atoms with Gasteiger partial charge in [-0.1, -0.05) is 0 Å². The third-order valence-electron chi connectivity index (χ3n) is 5.08. The minimum atomic E-state index is 0.177. The predicted molar refractivity (Wildman–Crippen MR) is 84.7 cm³/mol. The van der Waals surface area contributed by atoms with E-state index in [4.69, 9.17) is 9.47 Å². The molecular weight excluding hydrogens is 280 g/mol. The van der Waals surface area contributed by atoms with Crippen LogP contribution in [0.25, 0.3) is 0 Å². The molecule has 0 aromatic heterocycles. The molecule has 0 aromatic rings. The van der Waals surface area contributed by atoms with Crippen LogP contribution in [0.5, 0.6) is 0 Å². The maximum atomic E-state index is 12.6. The lowest BCUT2D eigenvalue weighted by atomic mass is 10.0. The SMILES string of the molecule is CN1CCO[C@@H](CN(CC2CC2)C(=O)CC[C@@H]2CCOC2)C1. The summed E-state index contributed by atoms with van der Waals surface area (Å²) < 4.78 is 11.3. The lowest BCUT2D eigenvalue weighted by Gasteiger charge is -2.34. The average Bonchev–Trinajstić information content (AvgIpc) is 3.16. The standard InChI is InChI=1S/C17H30N2O3/c1-18-7-9-22-16(11-18)12-19(10-14-2-3-14)17(20)5-4-15-6-8-21-13-15/h14-16H,2-13H2,1H3/t15-,16-/m1/s1. The third-order valence-corrected chi connectivity index (χ3v) is 5.08. The first kappa shape index (κ1) is 16.2. The number of carbonyl (C=O) groups excluding carboxylic acids is 1. The summed E-state index contributed by atoms with van der Waals surface area (Å²) in [7, 11) is 2.13.